The van der Waals surface area contributed by atoms with Gasteiger partial charge in [-0.25, -0.2) is 0 Å². The molecule has 0 saturated carbocycles. The van der Waals surface area contributed by atoms with Crippen LogP contribution in [-0.2, 0) is 11.3 Å². The first-order valence-electron chi connectivity index (χ1n) is 7.55. The molecule has 0 atom stereocenters. The second-order valence-electron chi connectivity index (χ2n) is 5.28. The van der Waals surface area contributed by atoms with Crippen LogP contribution in [0.3, 0.4) is 0 Å². The molecule has 0 aliphatic heterocycles. The number of anilines is 1. The van der Waals surface area contributed by atoms with E-state index in [4.69, 9.17) is 23.2 Å². The molecule has 0 spiro atoms. The molecular weight excluding hydrogens is 379 g/mol. The van der Waals surface area contributed by atoms with Gasteiger partial charge in [-0.2, -0.15) is 0 Å². The van der Waals surface area contributed by atoms with E-state index < -0.39 is 0 Å². The third kappa shape index (κ3) is 3.95. The van der Waals surface area contributed by atoms with Crippen molar-refractivity contribution in [2.45, 2.75) is 13.5 Å². The molecule has 25 heavy (non-hydrogen) atoms. The van der Waals surface area contributed by atoms with Crippen molar-refractivity contribution >= 4 is 62.4 Å². The number of hydrogen-bond donors (Lipinski definition) is 1. The summed E-state index contributed by atoms with van der Waals surface area (Å²) in [4.78, 5) is 24.0. The fourth-order valence-corrected chi connectivity index (χ4v) is 3.90. The van der Waals surface area contributed by atoms with Gasteiger partial charge in [-0.15, -0.1) is 0 Å². The zero-order valence-electron chi connectivity index (χ0n) is 13.3. The maximum absolute atomic E-state index is 12.1. The van der Waals surface area contributed by atoms with E-state index in [2.05, 4.69) is 5.32 Å². The molecular formula is C18H14Cl2N2O2S. The zero-order chi connectivity index (χ0) is 18.0. The first-order valence-corrected chi connectivity index (χ1v) is 9.12. The number of fused-ring (bicyclic) bond motifs is 1. The summed E-state index contributed by atoms with van der Waals surface area (Å²) in [6.45, 7) is 2.55. The third-order valence-electron chi connectivity index (χ3n) is 3.63. The molecule has 1 heterocycles. The Hall–Kier alpha value is -2.08. The Bertz CT molecular complexity index is 1040. The molecule has 1 N–H and O–H groups in total. The molecule has 0 saturated heterocycles. The van der Waals surface area contributed by atoms with Gasteiger partial charge in [-0.05, 0) is 48.9 Å². The summed E-state index contributed by atoms with van der Waals surface area (Å²) in [5.74, 6) is -0.285. The number of benzene rings is 2. The summed E-state index contributed by atoms with van der Waals surface area (Å²) in [7, 11) is 0. The van der Waals surface area contributed by atoms with E-state index in [1.54, 1.807) is 41.0 Å². The number of aromatic nitrogens is 1. The predicted molar refractivity (Wildman–Crippen MR) is 106 cm³/mol. The van der Waals surface area contributed by atoms with Crippen LogP contribution in [0.15, 0.2) is 47.3 Å². The maximum Gasteiger partial charge on any atom is 0.308 e. The van der Waals surface area contributed by atoms with E-state index in [1.165, 1.54) is 17.4 Å². The number of halogens is 2. The standard InChI is InChI=1S/C18H14Cl2N2O2S/c1-2-22-15-7-6-13(10-16(15)25-18(22)24)21-17(23)8-4-11-3-5-12(19)9-14(11)20/h3-10H,2H2,1H3,(H,21,23)/b8-4+. The van der Waals surface area contributed by atoms with Crippen LogP contribution in [0.4, 0.5) is 5.69 Å². The number of hydrogen-bond acceptors (Lipinski definition) is 3. The van der Waals surface area contributed by atoms with Crippen molar-refractivity contribution in [2.75, 3.05) is 5.32 Å². The Labute approximate surface area is 158 Å². The quantitative estimate of drug-likeness (QED) is 0.632. The minimum atomic E-state index is -0.285. The Morgan fingerprint density at radius 3 is 2.76 bits per heavy atom. The SMILES string of the molecule is CCn1c(=O)sc2cc(NC(=O)/C=C/c3ccc(Cl)cc3Cl)ccc21. The minimum Gasteiger partial charge on any atom is -0.322 e. The molecule has 3 aromatic rings. The van der Waals surface area contributed by atoms with Crippen molar-refractivity contribution in [2.24, 2.45) is 0 Å². The van der Waals surface area contributed by atoms with Crippen LogP contribution < -0.4 is 10.2 Å². The van der Waals surface area contributed by atoms with E-state index in [-0.39, 0.29) is 10.8 Å². The molecule has 0 fully saturated rings. The molecule has 1 amide bonds. The maximum atomic E-state index is 12.1. The monoisotopic (exact) mass is 392 g/mol. The average molecular weight is 393 g/mol. The van der Waals surface area contributed by atoms with Gasteiger partial charge in [0, 0.05) is 28.4 Å². The summed E-state index contributed by atoms with van der Waals surface area (Å²) in [5, 5.41) is 3.80. The van der Waals surface area contributed by atoms with Gasteiger partial charge in [0.2, 0.25) is 5.91 Å². The fraction of sp³-hybridized carbons (Fsp3) is 0.111. The van der Waals surface area contributed by atoms with Crippen molar-refractivity contribution in [1.29, 1.82) is 0 Å². The van der Waals surface area contributed by atoms with Crippen molar-refractivity contribution in [3.8, 4) is 0 Å². The van der Waals surface area contributed by atoms with Gasteiger partial charge in [-0.3, -0.25) is 14.2 Å². The van der Waals surface area contributed by atoms with Gasteiger partial charge in [-0.1, -0.05) is 40.6 Å². The number of nitrogens with one attached hydrogen (secondary N) is 1. The lowest BCUT2D eigenvalue weighted by Gasteiger charge is -2.04. The highest BCUT2D eigenvalue weighted by molar-refractivity contribution is 7.16. The molecule has 0 bridgehead atoms. The second kappa shape index (κ2) is 7.44. The molecule has 128 valence electrons. The second-order valence-corrected chi connectivity index (χ2v) is 7.12. The van der Waals surface area contributed by atoms with Crippen LogP contribution in [0.5, 0.6) is 0 Å². The lowest BCUT2D eigenvalue weighted by atomic mass is 10.2. The Balaban J connectivity index is 1.77. The molecule has 0 unspecified atom stereocenters. The summed E-state index contributed by atoms with van der Waals surface area (Å²) in [6, 6.07) is 10.5. The largest absolute Gasteiger partial charge is 0.322 e. The van der Waals surface area contributed by atoms with Crippen molar-refractivity contribution in [3.63, 3.8) is 0 Å². The molecule has 0 aliphatic rings. The van der Waals surface area contributed by atoms with Crippen LogP contribution in [0.2, 0.25) is 10.0 Å². The first kappa shape index (κ1) is 17.7. The van der Waals surface area contributed by atoms with Crippen molar-refractivity contribution in [1.82, 2.24) is 4.57 Å². The highest BCUT2D eigenvalue weighted by atomic mass is 35.5. The smallest absolute Gasteiger partial charge is 0.308 e. The van der Waals surface area contributed by atoms with E-state index in [9.17, 15) is 9.59 Å². The highest BCUT2D eigenvalue weighted by Crippen LogP contribution is 2.23. The highest BCUT2D eigenvalue weighted by Gasteiger charge is 2.07. The summed E-state index contributed by atoms with van der Waals surface area (Å²) in [6.07, 6.45) is 3.03. The number of aryl methyl sites for hydroxylation is 1. The number of thiazole rings is 1. The van der Waals surface area contributed by atoms with E-state index in [1.807, 2.05) is 13.0 Å². The molecule has 2 aromatic carbocycles. The molecule has 4 nitrogen and oxygen atoms in total. The zero-order valence-corrected chi connectivity index (χ0v) is 15.6. The van der Waals surface area contributed by atoms with E-state index in [0.29, 0.717) is 27.8 Å². The molecule has 0 aliphatic carbocycles. The normalized spacial score (nSPS) is 11.3. The topological polar surface area (TPSA) is 51.1 Å². The molecule has 3 rings (SSSR count). The molecule has 1 aromatic heterocycles. The van der Waals surface area contributed by atoms with Crippen LogP contribution in [0, 0.1) is 0 Å². The van der Waals surface area contributed by atoms with Crippen molar-refractivity contribution in [3.05, 3.63) is 67.8 Å². The van der Waals surface area contributed by atoms with Crippen LogP contribution in [0.25, 0.3) is 16.3 Å². The summed E-state index contributed by atoms with van der Waals surface area (Å²) < 4.78 is 2.54. The minimum absolute atomic E-state index is 0.00162. The van der Waals surface area contributed by atoms with Crippen LogP contribution >= 0.6 is 34.5 Å². The van der Waals surface area contributed by atoms with E-state index >= 15 is 0 Å². The van der Waals surface area contributed by atoms with Gasteiger partial charge in [0.05, 0.1) is 10.2 Å². The molecule has 0 radical (unpaired) electrons. The average Bonchev–Trinajstić information content (AvgIpc) is 2.88. The number of carbonyl (C=O) groups is 1. The van der Waals surface area contributed by atoms with E-state index in [0.717, 1.165) is 10.2 Å². The number of carbonyl (C=O) groups excluding carboxylic acids is 1. The number of nitrogens with zero attached hydrogens (tertiary/aromatic N) is 1. The van der Waals surface area contributed by atoms with Crippen LogP contribution in [-0.4, -0.2) is 10.5 Å². The predicted octanol–water partition coefficient (Wildman–Crippen LogP) is 5.04. The number of rotatable bonds is 4. The van der Waals surface area contributed by atoms with Gasteiger partial charge in [0.15, 0.2) is 0 Å². The Morgan fingerprint density at radius 2 is 2.04 bits per heavy atom. The van der Waals surface area contributed by atoms with Crippen molar-refractivity contribution < 1.29 is 4.79 Å². The Kier molecular flexibility index (Phi) is 5.27. The Morgan fingerprint density at radius 1 is 1.24 bits per heavy atom. The van der Waals surface area contributed by atoms with Gasteiger partial charge < -0.3 is 5.32 Å². The third-order valence-corrected chi connectivity index (χ3v) is 5.13. The van der Waals surface area contributed by atoms with Gasteiger partial charge in [0.1, 0.15) is 0 Å². The first-order chi connectivity index (χ1) is 12.0. The van der Waals surface area contributed by atoms with Gasteiger partial charge >= 0.3 is 4.87 Å². The number of amides is 1. The van der Waals surface area contributed by atoms with Gasteiger partial charge in [0.25, 0.3) is 0 Å². The lowest BCUT2D eigenvalue weighted by molar-refractivity contribution is -0.111. The molecule has 7 heteroatoms. The summed E-state index contributed by atoms with van der Waals surface area (Å²) >= 11 is 13.1. The lowest BCUT2D eigenvalue weighted by Crippen LogP contribution is -2.10. The van der Waals surface area contributed by atoms with Crippen LogP contribution in [0.1, 0.15) is 12.5 Å². The fourth-order valence-electron chi connectivity index (χ4n) is 2.43. The summed E-state index contributed by atoms with van der Waals surface area (Å²) in [5.41, 5.74) is 2.21.